The van der Waals surface area contributed by atoms with Crippen LogP contribution in [0, 0.1) is 10.1 Å². The van der Waals surface area contributed by atoms with Crippen LogP contribution in [0.1, 0.15) is 31.4 Å². The summed E-state index contributed by atoms with van der Waals surface area (Å²) in [5, 5.41) is 11.0. The lowest BCUT2D eigenvalue weighted by atomic mass is 9.98. The number of furan rings is 2. The Balaban J connectivity index is 1.42. The Kier molecular flexibility index (Phi) is 6.76. The average Bonchev–Trinajstić information content (AvgIpc) is 3.68. The summed E-state index contributed by atoms with van der Waals surface area (Å²) in [5.74, 6) is 1.79. The molecule has 4 heterocycles. The van der Waals surface area contributed by atoms with Crippen molar-refractivity contribution < 1.29 is 18.6 Å². The fourth-order valence-electron chi connectivity index (χ4n) is 4.77. The number of aromatic nitrogens is 1. The SMILES string of the molecule is CC(=O)C1=C(C)N=c2s/c(=C/c3ccc(-c4ccc([N+](=O)[O-])cc4)o3)c(=O)n2[C@H]1c1ccc(-c2ccc(Br)cc2)o1. The summed E-state index contributed by atoms with van der Waals surface area (Å²) in [6.45, 7) is 3.21. The van der Waals surface area contributed by atoms with Crippen molar-refractivity contribution in [3.05, 3.63) is 130 Å². The van der Waals surface area contributed by atoms with E-state index in [2.05, 4.69) is 20.9 Å². The van der Waals surface area contributed by atoms with Gasteiger partial charge < -0.3 is 8.83 Å². The van der Waals surface area contributed by atoms with Crippen molar-refractivity contribution in [2.45, 2.75) is 19.9 Å². The molecule has 1 atom stereocenters. The molecule has 1 aliphatic heterocycles. The lowest BCUT2D eigenvalue weighted by Crippen LogP contribution is -2.39. The Morgan fingerprint density at radius 1 is 1.00 bits per heavy atom. The average molecular weight is 630 g/mol. The van der Waals surface area contributed by atoms with Gasteiger partial charge in [-0.2, -0.15) is 0 Å². The molecule has 0 saturated carbocycles. The first-order valence-electron chi connectivity index (χ1n) is 12.4. The maximum absolute atomic E-state index is 13.8. The molecule has 0 N–H and O–H groups in total. The molecule has 0 saturated heterocycles. The Bertz CT molecular complexity index is 2050. The minimum absolute atomic E-state index is 0.0167. The van der Waals surface area contributed by atoms with E-state index in [1.807, 2.05) is 30.3 Å². The summed E-state index contributed by atoms with van der Waals surface area (Å²) >= 11 is 4.62. The molecule has 0 unspecified atom stereocenters. The molecule has 0 fully saturated rings. The molecular weight excluding hydrogens is 610 g/mol. The molecule has 9 nitrogen and oxygen atoms in total. The first kappa shape index (κ1) is 26.6. The Morgan fingerprint density at radius 2 is 1.63 bits per heavy atom. The van der Waals surface area contributed by atoms with E-state index in [1.165, 1.54) is 35.0 Å². The van der Waals surface area contributed by atoms with Crippen molar-refractivity contribution >= 4 is 44.8 Å². The van der Waals surface area contributed by atoms with Crippen LogP contribution in [0.3, 0.4) is 0 Å². The molecule has 11 heteroatoms. The fourth-order valence-corrected chi connectivity index (χ4v) is 6.06. The number of thiazole rings is 1. The number of allylic oxidation sites excluding steroid dienone is 2. The van der Waals surface area contributed by atoms with Crippen molar-refractivity contribution in [1.29, 1.82) is 0 Å². The van der Waals surface area contributed by atoms with Gasteiger partial charge in [-0.15, -0.1) is 0 Å². The van der Waals surface area contributed by atoms with Crippen LogP contribution in [0.25, 0.3) is 28.7 Å². The number of non-ortho nitro benzene ring substituents is 1. The Morgan fingerprint density at radius 3 is 2.29 bits per heavy atom. The van der Waals surface area contributed by atoms with Crippen LogP contribution in [0.4, 0.5) is 5.69 Å². The van der Waals surface area contributed by atoms with Gasteiger partial charge in [0.2, 0.25) is 0 Å². The summed E-state index contributed by atoms with van der Waals surface area (Å²) in [4.78, 5) is 42.1. The molecule has 0 spiro atoms. The minimum Gasteiger partial charge on any atom is -0.458 e. The molecule has 6 rings (SSSR count). The van der Waals surface area contributed by atoms with Crippen LogP contribution >= 0.6 is 27.3 Å². The first-order chi connectivity index (χ1) is 19.7. The van der Waals surface area contributed by atoms with Gasteiger partial charge in [0, 0.05) is 45.1 Å². The van der Waals surface area contributed by atoms with E-state index in [9.17, 15) is 19.7 Å². The number of fused-ring (bicyclic) bond motifs is 1. The highest BCUT2D eigenvalue weighted by Gasteiger charge is 2.33. The van der Waals surface area contributed by atoms with Gasteiger partial charge in [-0.05, 0) is 62.4 Å². The van der Waals surface area contributed by atoms with E-state index in [1.54, 1.807) is 43.3 Å². The second-order valence-corrected chi connectivity index (χ2v) is 11.3. The van der Waals surface area contributed by atoms with Gasteiger partial charge in [-0.1, -0.05) is 39.4 Å². The molecule has 5 aromatic rings. The Labute approximate surface area is 244 Å². The van der Waals surface area contributed by atoms with Crippen molar-refractivity contribution in [3.63, 3.8) is 0 Å². The highest BCUT2D eigenvalue weighted by atomic mass is 79.9. The van der Waals surface area contributed by atoms with Crippen molar-refractivity contribution in [3.8, 4) is 22.6 Å². The number of carbonyl (C=O) groups excluding carboxylic acids is 1. The molecule has 0 amide bonds. The van der Waals surface area contributed by atoms with Gasteiger partial charge in [0.15, 0.2) is 10.6 Å². The molecule has 41 heavy (non-hydrogen) atoms. The second kappa shape index (κ2) is 10.4. The molecule has 0 aliphatic carbocycles. The number of nitro groups is 1. The number of halogens is 1. The van der Waals surface area contributed by atoms with Crippen LogP contribution in [0.5, 0.6) is 0 Å². The van der Waals surface area contributed by atoms with Crippen LogP contribution in [-0.2, 0) is 4.79 Å². The van der Waals surface area contributed by atoms with Crippen LogP contribution in [0.15, 0.2) is 107 Å². The zero-order valence-electron chi connectivity index (χ0n) is 21.7. The predicted octanol–water partition coefficient (Wildman–Crippen LogP) is 6.01. The lowest BCUT2D eigenvalue weighted by Gasteiger charge is -2.22. The Hall–Kier alpha value is -4.61. The first-order valence-corrected chi connectivity index (χ1v) is 14.0. The number of hydrogen-bond donors (Lipinski definition) is 0. The van der Waals surface area contributed by atoms with Crippen molar-refractivity contribution in [2.75, 3.05) is 0 Å². The smallest absolute Gasteiger partial charge is 0.271 e. The second-order valence-electron chi connectivity index (χ2n) is 9.35. The molecule has 0 bridgehead atoms. The highest BCUT2D eigenvalue weighted by molar-refractivity contribution is 9.10. The number of nitrogens with zero attached hydrogens (tertiary/aromatic N) is 3. The number of benzene rings is 2. The van der Waals surface area contributed by atoms with Gasteiger partial charge in [0.1, 0.15) is 29.1 Å². The van der Waals surface area contributed by atoms with Gasteiger partial charge in [-0.3, -0.25) is 24.3 Å². The number of nitro benzene ring substituents is 1. The number of hydrogen-bond acceptors (Lipinski definition) is 8. The van der Waals surface area contributed by atoms with Crippen LogP contribution in [0.2, 0.25) is 0 Å². The quantitative estimate of drug-likeness (QED) is 0.167. The molecule has 1 aliphatic rings. The molecular formula is C30H20BrN3O6S. The summed E-state index contributed by atoms with van der Waals surface area (Å²) in [5.41, 5.74) is 2.09. The van der Waals surface area contributed by atoms with Gasteiger partial charge >= 0.3 is 0 Å². The number of rotatable bonds is 6. The largest absolute Gasteiger partial charge is 0.458 e. The van der Waals surface area contributed by atoms with Crippen molar-refractivity contribution in [1.82, 2.24) is 4.57 Å². The highest BCUT2D eigenvalue weighted by Crippen LogP contribution is 2.34. The molecule has 3 aromatic heterocycles. The maximum atomic E-state index is 13.8. The standard InChI is InChI=1S/C30H20BrN3O6S/c1-16-27(17(2)35)28(25-14-13-24(40-25)18-3-7-20(31)8-4-18)33-29(36)26(41-30(33)32-16)15-22-11-12-23(39-22)19-5-9-21(10-6-19)34(37)38/h3-15,28H,1-2H3/b26-15+/t28-/m0/s1. The molecule has 2 aromatic carbocycles. The molecule has 204 valence electrons. The maximum Gasteiger partial charge on any atom is 0.271 e. The number of Topliss-reactive ketones (excluding diaryl/α,β-unsaturated/α-hetero) is 1. The summed E-state index contributed by atoms with van der Waals surface area (Å²) in [6, 6.07) is 19.9. The van der Waals surface area contributed by atoms with Gasteiger partial charge in [0.25, 0.3) is 11.2 Å². The summed E-state index contributed by atoms with van der Waals surface area (Å²) in [6.07, 6.45) is 1.62. The molecule has 0 radical (unpaired) electrons. The van der Waals surface area contributed by atoms with E-state index in [4.69, 9.17) is 8.83 Å². The third-order valence-corrected chi connectivity index (χ3v) is 8.20. The fraction of sp³-hybridized carbons (Fsp3) is 0.100. The predicted molar refractivity (Wildman–Crippen MR) is 157 cm³/mol. The van der Waals surface area contributed by atoms with Crippen LogP contribution in [-0.4, -0.2) is 15.3 Å². The van der Waals surface area contributed by atoms with Gasteiger partial charge in [-0.25, -0.2) is 4.99 Å². The van der Waals surface area contributed by atoms with E-state index in [0.717, 1.165) is 10.0 Å². The number of ketones is 1. The van der Waals surface area contributed by atoms with Crippen LogP contribution < -0.4 is 14.9 Å². The third kappa shape index (κ3) is 4.94. The normalized spacial score (nSPS) is 15.1. The van der Waals surface area contributed by atoms with E-state index < -0.39 is 11.0 Å². The zero-order chi connectivity index (χ0) is 28.8. The number of carbonyl (C=O) groups is 1. The van der Waals surface area contributed by atoms with E-state index >= 15 is 0 Å². The van der Waals surface area contributed by atoms with E-state index in [-0.39, 0.29) is 17.0 Å². The lowest BCUT2D eigenvalue weighted by molar-refractivity contribution is -0.384. The van der Waals surface area contributed by atoms with Crippen molar-refractivity contribution in [2.24, 2.45) is 4.99 Å². The third-order valence-electron chi connectivity index (χ3n) is 6.69. The monoisotopic (exact) mass is 629 g/mol. The van der Waals surface area contributed by atoms with Gasteiger partial charge in [0.05, 0.1) is 9.46 Å². The zero-order valence-corrected chi connectivity index (χ0v) is 24.1. The topological polar surface area (TPSA) is 121 Å². The summed E-state index contributed by atoms with van der Waals surface area (Å²) < 4.78 is 15.0. The minimum atomic E-state index is -0.776. The summed E-state index contributed by atoms with van der Waals surface area (Å²) in [7, 11) is 0. The van der Waals surface area contributed by atoms with E-state index in [0.29, 0.717) is 49.2 Å².